The molecule has 0 bridgehead atoms. The van der Waals surface area contributed by atoms with Gasteiger partial charge in [-0.2, -0.15) is 0 Å². The van der Waals surface area contributed by atoms with Gasteiger partial charge < -0.3 is 10.1 Å². The third kappa shape index (κ3) is 3.75. The van der Waals surface area contributed by atoms with E-state index in [1.165, 1.54) is 4.90 Å². The van der Waals surface area contributed by atoms with Crippen molar-refractivity contribution < 1.29 is 19.1 Å². The predicted molar refractivity (Wildman–Crippen MR) is 91.7 cm³/mol. The number of benzene rings is 1. The number of ether oxygens (including phenoxy) is 1. The van der Waals surface area contributed by atoms with Gasteiger partial charge in [0.2, 0.25) is 5.91 Å². The number of esters is 1. The highest BCUT2D eigenvalue weighted by Crippen LogP contribution is 2.36. The highest BCUT2D eigenvalue weighted by atomic mass is 16.5. The molecule has 0 saturated carbocycles. The second kappa shape index (κ2) is 7.03. The Bertz CT molecular complexity index is 652. The van der Waals surface area contributed by atoms with Gasteiger partial charge in [-0.05, 0) is 38.3 Å². The minimum Gasteiger partial charge on any atom is -0.456 e. The van der Waals surface area contributed by atoms with Gasteiger partial charge in [0, 0.05) is 6.42 Å². The first-order chi connectivity index (χ1) is 11.2. The maximum Gasteiger partial charge on any atom is 0.306 e. The highest BCUT2D eigenvalue weighted by molar-refractivity contribution is 6.14. The summed E-state index contributed by atoms with van der Waals surface area (Å²) < 4.78 is 5.09. The topological polar surface area (TPSA) is 75.7 Å². The van der Waals surface area contributed by atoms with Crippen LogP contribution in [0.25, 0.3) is 0 Å². The first-order valence-electron chi connectivity index (χ1n) is 8.12. The molecule has 0 aromatic heterocycles. The largest absolute Gasteiger partial charge is 0.456 e. The number of hydrogen-bond acceptors (Lipinski definition) is 4. The fraction of sp³-hybridized carbons (Fsp3) is 0.500. The summed E-state index contributed by atoms with van der Waals surface area (Å²) in [7, 11) is 0. The van der Waals surface area contributed by atoms with Gasteiger partial charge in [-0.1, -0.05) is 26.0 Å². The second-order valence-electron chi connectivity index (χ2n) is 6.85. The molecule has 0 saturated heterocycles. The van der Waals surface area contributed by atoms with Crippen molar-refractivity contribution >= 4 is 29.2 Å². The number of para-hydroxylation sites is 2. The molecule has 0 aliphatic carbocycles. The third-order valence-corrected chi connectivity index (χ3v) is 4.04. The Morgan fingerprint density at radius 3 is 2.58 bits per heavy atom. The van der Waals surface area contributed by atoms with Crippen molar-refractivity contribution in [3.05, 3.63) is 24.3 Å². The molecule has 130 valence electrons. The Hall–Kier alpha value is -2.37. The van der Waals surface area contributed by atoms with Crippen LogP contribution in [0, 0.1) is 5.92 Å². The lowest BCUT2D eigenvalue weighted by Gasteiger charge is -2.41. The monoisotopic (exact) mass is 332 g/mol. The van der Waals surface area contributed by atoms with Gasteiger partial charge in [0.1, 0.15) is 5.54 Å². The van der Waals surface area contributed by atoms with Crippen LogP contribution in [0.2, 0.25) is 0 Å². The van der Waals surface area contributed by atoms with E-state index in [2.05, 4.69) is 5.32 Å². The average molecular weight is 332 g/mol. The molecule has 0 fully saturated rings. The molecule has 1 N–H and O–H groups in total. The van der Waals surface area contributed by atoms with Crippen LogP contribution in [-0.2, 0) is 19.1 Å². The number of carbonyl (C=O) groups is 3. The van der Waals surface area contributed by atoms with Crippen LogP contribution in [-0.4, -0.2) is 29.9 Å². The zero-order chi connectivity index (χ0) is 17.9. The van der Waals surface area contributed by atoms with Crippen LogP contribution >= 0.6 is 0 Å². The van der Waals surface area contributed by atoms with Crippen LogP contribution in [0.4, 0.5) is 11.4 Å². The summed E-state index contributed by atoms with van der Waals surface area (Å²) >= 11 is 0. The summed E-state index contributed by atoms with van der Waals surface area (Å²) in [5.74, 6) is -0.699. The minimum atomic E-state index is -1.06. The minimum absolute atomic E-state index is 0.277. The van der Waals surface area contributed by atoms with Crippen molar-refractivity contribution in [1.82, 2.24) is 0 Å². The summed E-state index contributed by atoms with van der Waals surface area (Å²) in [5.41, 5.74) is 0.113. The van der Waals surface area contributed by atoms with Crippen molar-refractivity contribution in [2.75, 3.05) is 16.8 Å². The van der Waals surface area contributed by atoms with E-state index in [0.29, 0.717) is 23.7 Å². The van der Waals surface area contributed by atoms with Crippen molar-refractivity contribution in [3.63, 3.8) is 0 Å². The molecule has 1 aliphatic heterocycles. The Balaban J connectivity index is 2.12. The van der Waals surface area contributed by atoms with Gasteiger partial charge in [0.25, 0.3) is 5.91 Å². The van der Waals surface area contributed by atoms with Gasteiger partial charge in [0.15, 0.2) is 6.61 Å². The van der Waals surface area contributed by atoms with Gasteiger partial charge in [-0.15, -0.1) is 0 Å². The quantitative estimate of drug-likeness (QED) is 0.841. The maximum atomic E-state index is 12.6. The molecule has 1 aromatic rings. The Labute approximate surface area is 142 Å². The molecule has 6 heteroatoms. The lowest BCUT2D eigenvalue weighted by atomic mass is 9.96. The Morgan fingerprint density at radius 2 is 1.92 bits per heavy atom. The van der Waals surface area contributed by atoms with E-state index in [1.54, 1.807) is 38.1 Å². The zero-order valence-electron chi connectivity index (χ0n) is 14.6. The summed E-state index contributed by atoms with van der Waals surface area (Å²) in [6, 6.07) is 7.07. The summed E-state index contributed by atoms with van der Waals surface area (Å²) in [4.78, 5) is 38.1. The van der Waals surface area contributed by atoms with Crippen molar-refractivity contribution in [2.24, 2.45) is 5.92 Å². The second-order valence-corrected chi connectivity index (χ2v) is 6.85. The summed E-state index contributed by atoms with van der Waals surface area (Å²) in [5, 5.41) is 2.79. The standard InChI is InChI=1S/C18H24N2O4/c1-12(2)9-10-16(22)24-11-15(21)20-14-8-6-5-7-13(14)19-17(23)18(20,3)4/h5-8,12H,9-11H2,1-4H3,(H,19,23). The number of nitrogens with zero attached hydrogens (tertiary/aromatic N) is 1. The van der Waals surface area contributed by atoms with Crippen molar-refractivity contribution in [2.45, 2.75) is 46.1 Å². The zero-order valence-corrected chi connectivity index (χ0v) is 14.6. The van der Waals surface area contributed by atoms with Gasteiger partial charge in [-0.3, -0.25) is 19.3 Å². The molecule has 2 rings (SSSR count). The fourth-order valence-electron chi connectivity index (χ4n) is 2.58. The number of nitrogens with one attached hydrogen (secondary N) is 1. The molecule has 6 nitrogen and oxygen atoms in total. The predicted octanol–water partition coefficient (Wildman–Crippen LogP) is 2.73. The van der Waals surface area contributed by atoms with Crippen molar-refractivity contribution in [3.8, 4) is 0 Å². The smallest absolute Gasteiger partial charge is 0.306 e. The highest BCUT2D eigenvalue weighted by Gasteiger charge is 2.43. The van der Waals surface area contributed by atoms with E-state index in [4.69, 9.17) is 4.74 Å². The molecule has 0 unspecified atom stereocenters. The fourth-order valence-corrected chi connectivity index (χ4v) is 2.58. The molecule has 0 atom stereocenters. The number of rotatable bonds is 5. The van der Waals surface area contributed by atoms with E-state index in [0.717, 1.165) is 0 Å². The first kappa shape index (κ1) is 18.0. The number of carbonyl (C=O) groups excluding carboxylic acids is 3. The SMILES string of the molecule is CC(C)CCC(=O)OCC(=O)N1c2ccccc2NC(=O)C1(C)C. The van der Waals surface area contributed by atoms with E-state index in [9.17, 15) is 14.4 Å². The maximum absolute atomic E-state index is 12.6. The first-order valence-corrected chi connectivity index (χ1v) is 8.12. The molecule has 0 radical (unpaired) electrons. The van der Waals surface area contributed by atoms with Crippen LogP contribution in [0.1, 0.15) is 40.5 Å². The van der Waals surface area contributed by atoms with E-state index >= 15 is 0 Å². The van der Waals surface area contributed by atoms with Crippen LogP contribution in [0.3, 0.4) is 0 Å². The van der Waals surface area contributed by atoms with Crippen LogP contribution in [0.15, 0.2) is 24.3 Å². The summed E-state index contributed by atoms with van der Waals surface area (Å²) in [6.07, 6.45) is 0.999. The van der Waals surface area contributed by atoms with Gasteiger partial charge in [-0.25, -0.2) is 0 Å². The number of fused-ring (bicyclic) bond motifs is 1. The van der Waals surface area contributed by atoms with Crippen molar-refractivity contribution in [1.29, 1.82) is 0 Å². The number of anilines is 2. The van der Waals surface area contributed by atoms with E-state index < -0.39 is 17.4 Å². The van der Waals surface area contributed by atoms with Gasteiger partial charge >= 0.3 is 5.97 Å². The molecule has 2 amide bonds. The Kier molecular flexibility index (Phi) is 5.26. The molecule has 1 aromatic carbocycles. The van der Waals surface area contributed by atoms with E-state index in [1.807, 2.05) is 13.8 Å². The van der Waals surface area contributed by atoms with E-state index in [-0.39, 0.29) is 18.9 Å². The Morgan fingerprint density at radius 1 is 1.25 bits per heavy atom. The van der Waals surface area contributed by atoms with Crippen LogP contribution in [0.5, 0.6) is 0 Å². The average Bonchev–Trinajstić information content (AvgIpc) is 2.51. The molecule has 1 heterocycles. The van der Waals surface area contributed by atoms with Gasteiger partial charge in [0.05, 0.1) is 11.4 Å². The normalized spacial score (nSPS) is 15.7. The number of hydrogen-bond donors (Lipinski definition) is 1. The summed E-state index contributed by atoms with van der Waals surface area (Å²) in [6.45, 7) is 6.99. The molecular weight excluding hydrogens is 308 g/mol. The van der Waals surface area contributed by atoms with Crippen LogP contribution < -0.4 is 10.2 Å². The molecular formula is C18H24N2O4. The third-order valence-electron chi connectivity index (χ3n) is 4.04. The molecule has 24 heavy (non-hydrogen) atoms. The lowest BCUT2D eigenvalue weighted by Crippen LogP contribution is -2.59. The molecule has 1 aliphatic rings. The lowest BCUT2D eigenvalue weighted by molar-refractivity contribution is -0.148. The molecule has 0 spiro atoms. The number of amides is 2.